The normalized spacial score (nSPS) is 10.7. The maximum Gasteiger partial charge on any atom is 0.293 e. The molecule has 6 heteroatoms. The van der Waals surface area contributed by atoms with Gasteiger partial charge in [0.2, 0.25) is 0 Å². The number of nitrogens with one attached hydrogen (secondary N) is 2. The summed E-state index contributed by atoms with van der Waals surface area (Å²) < 4.78 is 0. The van der Waals surface area contributed by atoms with Gasteiger partial charge >= 0.3 is 0 Å². The van der Waals surface area contributed by atoms with Crippen molar-refractivity contribution in [1.29, 1.82) is 0 Å². The summed E-state index contributed by atoms with van der Waals surface area (Å²) in [6.45, 7) is 0.498. The van der Waals surface area contributed by atoms with Gasteiger partial charge in [-0.3, -0.25) is 10.1 Å². The van der Waals surface area contributed by atoms with E-state index in [9.17, 15) is 10.1 Å². The van der Waals surface area contributed by atoms with Gasteiger partial charge in [-0.2, -0.15) is 0 Å². The Bertz CT molecular complexity index is 814. The monoisotopic (exact) mass is 301 g/mol. The zero-order valence-corrected chi connectivity index (χ0v) is 11.7. The number of hydrogen-bond donors (Lipinski definition) is 2. The van der Waals surface area contributed by atoms with E-state index in [0.29, 0.717) is 17.3 Å². The van der Waals surface area contributed by atoms with Crippen LogP contribution < -0.4 is 5.32 Å². The standard InChI is InChI=1S/C15H12ClN3O2/c16-11-4-5-14(15(8-11)19(20)21)18-9-10-2-1-3-13-12(10)6-7-17-13/h1-8,17-18H,9H2. The number of halogens is 1. The van der Waals surface area contributed by atoms with Crippen molar-refractivity contribution in [3.63, 3.8) is 0 Å². The zero-order valence-electron chi connectivity index (χ0n) is 11.0. The van der Waals surface area contributed by atoms with E-state index in [1.807, 2.05) is 30.5 Å². The van der Waals surface area contributed by atoms with Gasteiger partial charge < -0.3 is 10.3 Å². The van der Waals surface area contributed by atoms with E-state index in [1.54, 1.807) is 12.1 Å². The largest absolute Gasteiger partial charge is 0.375 e. The SMILES string of the molecule is O=[N+]([O-])c1cc(Cl)ccc1NCc1cccc2[nH]ccc12. The van der Waals surface area contributed by atoms with E-state index in [-0.39, 0.29) is 5.69 Å². The summed E-state index contributed by atoms with van der Waals surface area (Å²) in [5.41, 5.74) is 2.54. The molecule has 0 unspecified atom stereocenters. The van der Waals surface area contributed by atoms with Crippen LogP contribution in [0, 0.1) is 10.1 Å². The molecule has 2 aromatic carbocycles. The molecule has 0 fully saturated rings. The Morgan fingerprint density at radius 3 is 2.90 bits per heavy atom. The van der Waals surface area contributed by atoms with E-state index in [1.165, 1.54) is 6.07 Å². The van der Waals surface area contributed by atoms with Crippen molar-refractivity contribution in [3.05, 3.63) is 69.4 Å². The minimum atomic E-state index is -0.439. The zero-order chi connectivity index (χ0) is 14.8. The van der Waals surface area contributed by atoms with Crippen LogP contribution in [-0.4, -0.2) is 9.91 Å². The van der Waals surface area contributed by atoms with Gasteiger partial charge in [0.25, 0.3) is 5.69 Å². The molecule has 21 heavy (non-hydrogen) atoms. The van der Waals surface area contributed by atoms with E-state index < -0.39 is 4.92 Å². The highest BCUT2D eigenvalue weighted by Gasteiger charge is 2.14. The number of anilines is 1. The van der Waals surface area contributed by atoms with Crippen molar-refractivity contribution in [2.45, 2.75) is 6.54 Å². The number of nitrogens with zero attached hydrogens (tertiary/aromatic N) is 1. The van der Waals surface area contributed by atoms with Gasteiger partial charge in [-0.25, -0.2) is 0 Å². The lowest BCUT2D eigenvalue weighted by atomic mass is 10.1. The average Bonchev–Trinajstić information content (AvgIpc) is 2.94. The molecule has 5 nitrogen and oxygen atoms in total. The summed E-state index contributed by atoms with van der Waals surface area (Å²) in [7, 11) is 0. The van der Waals surface area contributed by atoms with E-state index in [2.05, 4.69) is 10.3 Å². The summed E-state index contributed by atoms with van der Waals surface area (Å²) in [5, 5.41) is 15.6. The molecule has 3 rings (SSSR count). The Balaban J connectivity index is 1.88. The Morgan fingerprint density at radius 2 is 2.10 bits per heavy atom. The summed E-state index contributed by atoms with van der Waals surface area (Å²) in [4.78, 5) is 13.8. The van der Waals surface area contributed by atoms with Crippen molar-refractivity contribution in [2.75, 3.05) is 5.32 Å². The first-order valence-electron chi connectivity index (χ1n) is 6.38. The van der Waals surface area contributed by atoms with Crippen LogP contribution in [-0.2, 0) is 6.54 Å². The summed E-state index contributed by atoms with van der Waals surface area (Å²) >= 11 is 5.81. The molecule has 0 saturated heterocycles. The van der Waals surface area contributed by atoms with Crippen LogP contribution in [0.25, 0.3) is 10.9 Å². The molecule has 0 aliphatic heterocycles. The first-order chi connectivity index (χ1) is 10.1. The quantitative estimate of drug-likeness (QED) is 0.556. The maximum atomic E-state index is 11.1. The molecule has 2 N–H and O–H groups in total. The Labute approximate surface area is 125 Å². The predicted octanol–water partition coefficient (Wildman–Crippen LogP) is 4.34. The van der Waals surface area contributed by atoms with Crippen molar-refractivity contribution >= 4 is 33.9 Å². The van der Waals surface area contributed by atoms with Crippen LogP contribution in [0.3, 0.4) is 0 Å². The molecule has 1 heterocycles. The average molecular weight is 302 g/mol. The number of aromatic amines is 1. The minimum absolute atomic E-state index is 0.0243. The molecule has 0 radical (unpaired) electrons. The molecule has 0 saturated carbocycles. The molecule has 0 atom stereocenters. The second kappa shape index (κ2) is 5.46. The molecule has 0 bridgehead atoms. The highest BCUT2D eigenvalue weighted by Crippen LogP contribution is 2.28. The van der Waals surface area contributed by atoms with Gasteiger partial charge in [-0.05, 0) is 29.8 Å². The second-order valence-corrected chi connectivity index (χ2v) is 5.06. The third kappa shape index (κ3) is 2.68. The third-order valence-electron chi connectivity index (χ3n) is 3.31. The van der Waals surface area contributed by atoms with Gasteiger partial charge in [0.1, 0.15) is 5.69 Å². The highest BCUT2D eigenvalue weighted by atomic mass is 35.5. The smallest absolute Gasteiger partial charge is 0.293 e. The van der Waals surface area contributed by atoms with Gasteiger partial charge in [-0.15, -0.1) is 0 Å². The molecular weight excluding hydrogens is 290 g/mol. The topological polar surface area (TPSA) is 71.0 Å². The Kier molecular flexibility index (Phi) is 3.50. The van der Waals surface area contributed by atoms with Crippen molar-refractivity contribution in [3.8, 4) is 0 Å². The number of benzene rings is 2. The van der Waals surface area contributed by atoms with E-state index >= 15 is 0 Å². The fourth-order valence-corrected chi connectivity index (χ4v) is 2.47. The van der Waals surface area contributed by atoms with Gasteiger partial charge in [-0.1, -0.05) is 23.7 Å². The van der Waals surface area contributed by atoms with Crippen molar-refractivity contribution < 1.29 is 4.92 Å². The lowest BCUT2D eigenvalue weighted by Gasteiger charge is -2.08. The first kappa shape index (κ1) is 13.5. The van der Waals surface area contributed by atoms with Gasteiger partial charge in [0, 0.05) is 34.7 Å². The lowest BCUT2D eigenvalue weighted by Crippen LogP contribution is -2.02. The third-order valence-corrected chi connectivity index (χ3v) is 3.55. The van der Waals surface area contributed by atoms with Crippen LogP contribution in [0.1, 0.15) is 5.56 Å². The highest BCUT2D eigenvalue weighted by molar-refractivity contribution is 6.30. The summed E-state index contributed by atoms with van der Waals surface area (Å²) in [5.74, 6) is 0. The first-order valence-corrected chi connectivity index (χ1v) is 6.76. The van der Waals surface area contributed by atoms with Crippen LogP contribution in [0.2, 0.25) is 5.02 Å². The Morgan fingerprint density at radius 1 is 1.24 bits per heavy atom. The van der Waals surface area contributed by atoms with Crippen LogP contribution in [0.15, 0.2) is 48.7 Å². The molecule has 0 aliphatic carbocycles. The van der Waals surface area contributed by atoms with Crippen LogP contribution in [0.4, 0.5) is 11.4 Å². The Hall–Kier alpha value is -2.53. The second-order valence-electron chi connectivity index (χ2n) is 4.63. The number of aromatic nitrogens is 1. The van der Waals surface area contributed by atoms with Crippen molar-refractivity contribution in [1.82, 2.24) is 4.98 Å². The molecule has 0 amide bonds. The molecule has 3 aromatic rings. The minimum Gasteiger partial charge on any atom is -0.375 e. The van der Waals surface area contributed by atoms with Crippen LogP contribution in [0.5, 0.6) is 0 Å². The van der Waals surface area contributed by atoms with Gasteiger partial charge in [0.15, 0.2) is 0 Å². The summed E-state index contributed by atoms with van der Waals surface area (Å²) in [6.07, 6.45) is 1.87. The predicted molar refractivity (Wildman–Crippen MR) is 83.7 cm³/mol. The van der Waals surface area contributed by atoms with Crippen LogP contribution >= 0.6 is 11.6 Å². The molecular formula is C15H12ClN3O2. The number of hydrogen-bond acceptors (Lipinski definition) is 3. The van der Waals surface area contributed by atoms with E-state index in [4.69, 9.17) is 11.6 Å². The van der Waals surface area contributed by atoms with E-state index in [0.717, 1.165) is 16.5 Å². The molecule has 0 spiro atoms. The number of fused-ring (bicyclic) bond motifs is 1. The molecule has 106 valence electrons. The number of H-pyrrole nitrogens is 1. The van der Waals surface area contributed by atoms with Crippen molar-refractivity contribution in [2.24, 2.45) is 0 Å². The fraction of sp³-hybridized carbons (Fsp3) is 0.0667. The molecule has 0 aliphatic rings. The summed E-state index contributed by atoms with van der Waals surface area (Å²) in [6, 6.07) is 12.5. The fourth-order valence-electron chi connectivity index (χ4n) is 2.30. The lowest BCUT2D eigenvalue weighted by molar-refractivity contribution is -0.383. The number of nitro groups is 1. The van der Waals surface area contributed by atoms with Gasteiger partial charge in [0.05, 0.1) is 4.92 Å². The molecule has 1 aromatic heterocycles. The number of rotatable bonds is 4. The number of nitro benzene ring substituents is 1. The maximum absolute atomic E-state index is 11.1.